The first-order chi connectivity index (χ1) is 7.86. The van der Waals surface area contributed by atoms with E-state index in [9.17, 15) is 22.0 Å². The van der Waals surface area contributed by atoms with Crippen LogP contribution >= 0.6 is 12.2 Å². The Balaban J connectivity index is 0.00000121. The first-order valence-corrected chi connectivity index (χ1v) is 4.97. The minimum absolute atomic E-state index is 0.363. The number of hydrogen-bond acceptors (Lipinski definition) is 2. The van der Waals surface area contributed by atoms with Gasteiger partial charge in [0.1, 0.15) is 0 Å². The second kappa shape index (κ2) is 6.48. The molecular weight excluding hydrogens is 263 g/mol. The van der Waals surface area contributed by atoms with E-state index in [1.54, 1.807) is 0 Å². The maximum absolute atomic E-state index is 12.9. The molecule has 0 amide bonds. The van der Waals surface area contributed by atoms with Crippen LogP contribution in [0.25, 0.3) is 0 Å². The standard InChI is InChI=1S/C8H3F5OS.C2H6/c1-2(15)14-8-6(12)4(10)3(9)5(11)7(8)13;1-2/h1H3;1-2H3. The van der Waals surface area contributed by atoms with Gasteiger partial charge >= 0.3 is 0 Å². The molecule has 0 bridgehead atoms. The second-order valence-electron chi connectivity index (χ2n) is 2.49. The summed E-state index contributed by atoms with van der Waals surface area (Å²) in [5.41, 5.74) is 0. The Kier molecular flexibility index (Phi) is 6.01. The maximum atomic E-state index is 12.9. The lowest BCUT2D eigenvalue weighted by Gasteiger charge is -2.07. The molecule has 0 aliphatic carbocycles. The Hall–Kier alpha value is -1.24. The number of hydrogen-bond donors (Lipinski definition) is 0. The quantitative estimate of drug-likeness (QED) is 0.329. The summed E-state index contributed by atoms with van der Waals surface area (Å²) in [5.74, 6) is -11.9. The van der Waals surface area contributed by atoms with Crippen LogP contribution in [0.15, 0.2) is 0 Å². The van der Waals surface area contributed by atoms with E-state index >= 15 is 0 Å². The van der Waals surface area contributed by atoms with Crippen molar-refractivity contribution in [3.05, 3.63) is 29.1 Å². The van der Waals surface area contributed by atoms with Crippen LogP contribution in [0, 0.1) is 29.1 Å². The molecule has 1 nitrogen and oxygen atoms in total. The van der Waals surface area contributed by atoms with Crippen molar-refractivity contribution in [3.8, 4) is 5.75 Å². The molecule has 0 aromatic heterocycles. The summed E-state index contributed by atoms with van der Waals surface area (Å²) in [6.07, 6.45) is 0. The predicted molar refractivity (Wildman–Crippen MR) is 56.5 cm³/mol. The van der Waals surface area contributed by atoms with E-state index in [0.717, 1.165) is 6.92 Å². The molecule has 0 fully saturated rings. The van der Waals surface area contributed by atoms with Crippen molar-refractivity contribution in [2.45, 2.75) is 20.8 Å². The van der Waals surface area contributed by atoms with Gasteiger partial charge in [0, 0.05) is 6.92 Å². The summed E-state index contributed by atoms with van der Waals surface area (Å²) in [5, 5.41) is -0.363. The largest absolute Gasteiger partial charge is 0.444 e. The Morgan fingerprint density at radius 3 is 1.41 bits per heavy atom. The lowest BCUT2D eigenvalue weighted by molar-refractivity contribution is 0.346. The molecule has 0 aliphatic rings. The lowest BCUT2D eigenvalue weighted by Crippen LogP contribution is -2.09. The van der Waals surface area contributed by atoms with Crippen molar-refractivity contribution in [2.75, 3.05) is 0 Å². The van der Waals surface area contributed by atoms with Crippen molar-refractivity contribution in [1.29, 1.82) is 0 Å². The topological polar surface area (TPSA) is 9.23 Å². The monoisotopic (exact) mass is 272 g/mol. The summed E-state index contributed by atoms with van der Waals surface area (Å²) in [7, 11) is 0. The molecule has 1 aromatic rings. The number of benzene rings is 1. The normalized spacial score (nSPS) is 9.41. The summed E-state index contributed by atoms with van der Waals surface area (Å²) < 4.78 is 67.6. The van der Waals surface area contributed by atoms with Crippen LogP contribution in [-0.4, -0.2) is 5.05 Å². The van der Waals surface area contributed by atoms with E-state index in [1.807, 2.05) is 13.8 Å². The first kappa shape index (κ1) is 15.8. The molecule has 17 heavy (non-hydrogen) atoms. The molecule has 1 rings (SSSR count). The van der Waals surface area contributed by atoms with Gasteiger partial charge in [0.25, 0.3) is 0 Å². The number of halogens is 5. The summed E-state index contributed by atoms with van der Waals surface area (Å²) >= 11 is 4.32. The molecule has 0 unspecified atom stereocenters. The fourth-order valence-corrected chi connectivity index (χ4v) is 0.901. The molecule has 7 heteroatoms. The first-order valence-electron chi connectivity index (χ1n) is 4.56. The average Bonchev–Trinajstić information content (AvgIpc) is 2.32. The summed E-state index contributed by atoms with van der Waals surface area (Å²) in [6, 6.07) is 0. The van der Waals surface area contributed by atoms with Gasteiger partial charge in [0.05, 0.1) is 0 Å². The summed E-state index contributed by atoms with van der Waals surface area (Å²) in [4.78, 5) is 0. The van der Waals surface area contributed by atoms with Crippen LogP contribution < -0.4 is 4.74 Å². The van der Waals surface area contributed by atoms with Crippen LogP contribution in [0.1, 0.15) is 20.8 Å². The van der Waals surface area contributed by atoms with Gasteiger partial charge in [-0.05, 0) is 12.2 Å². The van der Waals surface area contributed by atoms with Crippen molar-refractivity contribution in [1.82, 2.24) is 0 Å². The Labute approximate surface area is 100 Å². The summed E-state index contributed by atoms with van der Waals surface area (Å²) in [6.45, 7) is 5.13. The predicted octanol–water partition coefficient (Wildman–Crippen LogP) is 4.13. The molecule has 0 N–H and O–H groups in total. The van der Waals surface area contributed by atoms with Gasteiger partial charge in [-0.1, -0.05) is 13.8 Å². The number of thiocarbonyl (C=S) groups is 1. The van der Waals surface area contributed by atoms with Gasteiger partial charge < -0.3 is 4.74 Å². The van der Waals surface area contributed by atoms with Crippen LogP contribution in [0.2, 0.25) is 0 Å². The average molecular weight is 272 g/mol. The number of rotatable bonds is 1. The molecule has 0 spiro atoms. The van der Waals surface area contributed by atoms with Gasteiger partial charge in [-0.2, -0.15) is 8.78 Å². The fourth-order valence-electron chi connectivity index (χ4n) is 0.818. The molecule has 0 aliphatic heterocycles. The molecule has 96 valence electrons. The van der Waals surface area contributed by atoms with Gasteiger partial charge in [0.2, 0.25) is 34.8 Å². The Morgan fingerprint density at radius 1 is 0.824 bits per heavy atom. The highest BCUT2D eigenvalue weighted by Gasteiger charge is 2.27. The van der Waals surface area contributed by atoms with Crippen molar-refractivity contribution in [3.63, 3.8) is 0 Å². The zero-order valence-corrected chi connectivity index (χ0v) is 10.0. The molecule has 0 heterocycles. The molecule has 0 saturated heterocycles. The van der Waals surface area contributed by atoms with E-state index in [1.165, 1.54) is 0 Å². The van der Waals surface area contributed by atoms with Crippen LogP contribution in [0.4, 0.5) is 22.0 Å². The minimum Gasteiger partial charge on any atom is -0.444 e. The SMILES string of the molecule is CC.CC(=S)Oc1c(F)c(F)c(F)c(F)c1F. The van der Waals surface area contributed by atoms with E-state index in [0.29, 0.717) is 0 Å². The third kappa shape index (κ3) is 3.36. The van der Waals surface area contributed by atoms with Crippen molar-refractivity contribution < 1.29 is 26.7 Å². The highest BCUT2D eigenvalue weighted by molar-refractivity contribution is 7.80. The van der Waals surface area contributed by atoms with Crippen molar-refractivity contribution in [2.24, 2.45) is 0 Å². The zero-order chi connectivity index (χ0) is 13.7. The van der Waals surface area contributed by atoms with Crippen LogP contribution in [0.3, 0.4) is 0 Å². The Bertz CT molecular complexity index is 404. The molecule has 0 radical (unpaired) electrons. The van der Waals surface area contributed by atoms with E-state index in [4.69, 9.17) is 0 Å². The zero-order valence-electron chi connectivity index (χ0n) is 9.21. The van der Waals surface area contributed by atoms with E-state index in [2.05, 4.69) is 17.0 Å². The van der Waals surface area contributed by atoms with E-state index in [-0.39, 0.29) is 5.05 Å². The number of ether oxygens (including phenoxy) is 1. The Morgan fingerprint density at radius 2 is 1.12 bits per heavy atom. The highest BCUT2D eigenvalue weighted by Crippen LogP contribution is 2.29. The minimum atomic E-state index is -2.24. The fraction of sp³-hybridized carbons (Fsp3) is 0.300. The van der Waals surface area contributed by atoms with Crippen LogP contribution in [0.5, 0.6) is 5.75 Å². The third-order valence-electron chi connectivity index (χ3n) is 1.42. The second-order valence-corrected chi connectivity index (χ2v) is 3.07. The van der Waals surface area contributed by atoms with E-state index < -0.39 is 34.8 Å². The van der Waals surface area contributed by atoms with Gasteiger partial charge in [-0.15, -0.1) is 0 Å². The van der Waals surface area contributed by atoms with Gasteiger partial charge in [-0.3, -0.25) is 0 Å². The third-order valence-corrected chi connectivity index (χ3v) is 1.50. The lowest BCUT2D eigenvalue weighted by atomic mass is 10.2. The molecular formula is C10H9F5OS. The van der Waals surface area contributed by atoms with Gasteiger partial charge in [0.15, 0.2) is 5.05 Å². The molecule has 1 aromatic carbocycles. The van der Waals surface area contributed by atoms with Gasteiger partial charge in [-0.25, -0.2) is 13.2 Å². The highest BCUT2D eigenvalue weighted by atomic mass is 32.1. The van der Waals surface area contributed by atoms with Crippen molar-refractivity contribution >= 4 is 17.3 Å². The molecule has 0 saturated carbocycles. The smallest absolute Gasteiger partial charge is 0.207 e. The van der Waals surface area contributed by atoms with Crippen LogP contribution in [-0.2, 0) is 0 Å². The maximum Gasteiger partial charge on any atom is 0.207 e. The molecule has 0 atom stereocenters.